The van der Waals surface area contributed by atoms with E-state index in [1.807, 2.05) is 18.2 Å². The van der Waals surface area contributed by atoms with Gasteiger partial charge in [-0.2, -0.15) is 0 Å². The highest BCUT2D eigenvalue weighted by Gasteiger charge is 2.54. The molecule has 1 aliphatic carbocycles. The number of hydrogen-bond donors (Lipinski definition) is 1. The summed E-state index contributed by atoms with van der Waals surface area (Å²) < 4.78 is 16.1. The van der Waals surface area contributed by atoms with E-state index in [9.17, 15) is 9.18 Å². The van der Waals surface area contributed by atoms with Crippen LogP contribution >= 0.6 is 31.9 Å². The van der Waals surface area contributed by atoms with Gasteiger partial charge in [0.15, 0.2) is 0 Å². The quantitative estimate of drug-likeness (QED) is 0.603. The van der Waals surface area contributed by atoms with Crippen molar-refractivity contribution in [3.05, 3.63) is 57.0 Å². The molecule has 0 saturated heterocycles. The molecule has 2 atom stereocenters. The third kappa shape index (κ3) is 3.54. The molecule has 2 nitrogen and oxygen atoms in total. The average molecular weight is 390 g/mol. The normalized spacial score (nSPS) is 26.2. The Kier molecular flexibility index (Phi) is 4.26. The van der Waals surface area contributed by atoms with Gasteiger partial charge in [0, 0.05) is 20.9 Å². The summed E-state index contributed by atoms with van der Waals surface area (Å²) in [7, 11) is 0. The monoisotopic (exact) mass is 388 g/mol. The number of allylic oxidation sites excluding steroid dienone is 3. The van der Waals surface area contributed by atoms with Crippen molar-refractivity contribution < 1.29 is 14.3 Å². The fraction of sp³-hybridized carbons (Fsp3) is 0.214. The molecule has 1 saturated carbocycles. The molecule has 0 heterocycles. The fourth-order valence-electron chi connectivity index (χ4n) is 1.92. The van der Waals surface area contributed by atoms with Gasteiger partial charge in [-0.1, -0.05) is 18.2 Å². The molecule has 19 heavy (non-hydrogen) atoms. The first-order valence-electron chi connectivity index (χ1n) is 5.65. The average Bonchev–Trinajstić information content (AvgIpc) is 3.01. The Morgan fingerprint density at radius 3 is 2.74 bits per heavy atom. The zero-order valence-electron chi connectivity index (χ0n) is 9.82. The smallest absolute Gasteiger partial charge is 0.328 e. The lowest BCUT2D eigenvalue weighted by atomic mass is 10.1. The molecule has 0 bridgehead atoms. The second-order valence-electron chi connectivity index (χ2n) is 4.41. The van der Waals surface area contributed by atoms with E-state index in [2.05, 4.69) is 31.9 Å². The van der Waals surface area contributed by atoms with Crippen molar-refractivity contribution in [3.63, 3.8) is 0 Å². The van der Waals surface area contributed by atoms with Crippen LogP contribution < -0.4 is 0 Å². The maximum Gasteiger partial charge on any atom is 0.328 e. The number of aliphatic carboxylic acids is 1. The maximum absolute atomic E-state index is 14.3. The molecular weight excluding hydrogens is 379 g/mol. The minimum Gasteiger partial charge on any atom is -0.478 e. The van der Waals surface area contributed by atoms with Gasteiger partial charge in [0.05, 0.1) is 0 Å². The molecule has 1 fully saturated rings. The van der Waals surface area contributed by atoms with Crippen molar-refractivity contribution in [1.29, 1.82) is 0 Å². The molecule has 5 heteroatoms. The molecule has 100 valence electrons. The standard InChI is InChI=1S/C14H11Br2FO2/c15-11-5-4-9(7-12(11)16)10-8-14(10,17)6-2-1-3-13(18)19/h1-7,10H,8H2,(H,18,19)/b3-1+,6-2+. The number of alkyl halides is 1. The zero-order valence-corrected chi connectivity index (χ0v) is 13.0. The molecule has 2 unspecified atom stereocenters. The summed E-state index contributed by atoms with van der Waals surface area (Å²) in [5, 5.41) is 8.42. The van der Waals surface area contributed by atoms with Crippen LogP contribution in [-0.4, -0.2) is 16.7 Å². The van der Waals surface area contributed by atoms with Crippen LogP contribution in [0.25, 0.3) is 0 Å². The van der Waals surface area contributed by atoms with Gasteiger partial charge in [-0.3, -0.25) is 0 Å². The van der Waals surface area contributed by atoms with Crippen LogP contribution in [0, 0.1) is 0 Å². The number of halogens is 3. The van der Waals surface area contributed by atoms with Gasteiger partial charge in [-0.15, -0.1) is 0 Å². The summed E-state index contributed by atoms with van der Waals surface area (Å²) in [6.07, 6.45) is 5.61. The highest BCUT2D eigenvalue weighted by Crippen LogP contribution is 2.56. The predicted molar refractivity (Wildman–Crippen MR) is 79.0 cm³/mol. The second kappa shape index (κ2) is 5.59. The van der Waals surface area contributed by atoms with Crippen LogP contribution in [-0.2, 0) is 4.79 Å². The van der Waals surface area contributed by atoms with E-state index in [-0.39, 0.29) is 5.92 Å². The molecule has 0 radical (unpaired) electrons. The van der Waals surface area contributed by atoms with Crippen molar-refractivity contribution in [2.75, 3.05) is 0 Å². The van der Waals surface area contributed by atoms with Gasteiger partial charge in [0.2, 0.25) is 0 Å². The Labute approximate surface area is 127 Å². The summed E-state index contributed by atoms with van der Waals surface area (Å²) in [5.74, 6) is -1.20. The summed E-state index contributed by atoms with van der Waals surface area (Å²) in [5.41, 5.74) is -0.430. The first-order chi connectivity index (χ1) is 8.92. The number of carboxylic acid groups (broad SMARTS) is 1. The van der Waals surface area contributed by atoms with Gasteiger partial charge >= 0.3 is 5.97 Å². The highest BCUT2D eigenvalue weighted by atomic mass is 79.9. The molecule has 1 aromatic carbocycles. The molecule has 0 spiro atoms. The molecule has 1 aliphatic rings. The van der Waals surface area contributed by atoms with E-state index in [1.54, 1.807) is 0 Å². The number of carbonyl (C=O) groups is 1. The van der Waals surface area contributed by atoms with Crippen molar-refractivity contribution in [2.24, 2.45) is 0 Å². The second-order valence-corrected chi connectivity index (χ2v) is 6.12. The lowest BCUT2D eigenvalue weighted by Crippen LogP contribution is -1.98. The zero-order chi connectivity index (χ0) is 14.0. The van der Waals surface area contributed by atoms with E-state index in [4.69, 9.17) is 5.11 Å². The number of rotatable bonds is 4. The summed E-state index contributed by atoms with van der Waals surface area (Å²) >= 11 is 6.77. The van der Waals surface area contributed by atoms with Crippen LogP contribution in [0.15, 0.2) is 51.4 Å². The number of benzene rings is 1. The van der Waals surface area contributed by atoms with E-state index < -0.39 is 11.6 Å². The number of hydrogen-bond acceptors (Lipinski definition) is 1. The molecule has 1 N–H and O–H groups in total. The Hall–Kier alpha value is -0.940. The first kappa shape index (κ1) is 14.5. The molecule has 0 aliphatic heterocycles. The Bertz CT molecular complexity index is 569. The van der Waals surface area contributed by atoms with Crippen molar-refractivity contribution >= 4 is 37.8 Å². The van der Waals surface area contributed by atoms with Crippen LogP contribution in [0.1, 0.15) is 17.9 Å². The Balaban J connectivity index is 2.06. The summed E-state index contributed by atoms with van der Waals surface area (Å²) in [6.45, 7) is 0. The minimum atomic E-state index is -1.36. The topological polar surface area (TPSA) is 37.3 Å². The third-order valence-corrected chi connectivity index (χ3v) is 4.89. The molecule has 2 rings (SSSR count). The Morgan fingerprint density at radius 2 is 2.11 bits per heavy atom. The Morgan fingerprint density at radius 1 is 1.37 bits per heavy atom. The van der Waals surface area contributed by atoms with Gasteiger partial charge in [-0.25, -0.2) is 9.18 Å². The van der Waals surface area contributed by atoms with Crippen LogP contribution in [0.4, 0.5) is 4.39 Å². The van der Waals surface area contributed by atoms with E-state index >= 15 is 0 Å². The first-order valence-corrected chi connectivity index (χ1v) is 7.24. The maximum atomic E-state index is 14.3. The summed E-state index contributed by atoms with van der Waals surface area (Å²) in [6, 6.07) is 5.67. The molecule has 1 aromatic rings. The predicted octanol–water partition coefficient (Wildman–Crippen LogP) is 4.60. The van der Waals surface area contributed by atoms with Crippen molar-refractivity contribution in [2.45, 2.75) is 18.0 Å². The molecular formula is C14H11Br2FO2. The SMILES string of the molecule is O=C(O)/C=C/C=C/C1(F)CC1c1ccc(Br)c(Br)c1. The van der Waals surface area contributed by atoms with Crippen molar-refractivity contribution in [1.82, 2.24) is 0 Å². The summed E-state index contributed by atoms with van der Waals surface area (Å²) in [4.78, 5) is 10.3. The lowest BCUT2D eigenvalue weighted by molar-refractivity contribution is -0.131. The van der Waals surface area contributed by atoms with Gasteiger partial charge in [0.1, 0.15) is 5.67 Å². The number of carboxylic acids is 1. The van der Waals surface area contributed by atoms with Crippen LogP contribution in [0.2, 0.25) is 0 Å². The van der Waals surface area contributed by atoms with Gasteiger partial charge < -0.3 is 5.11 Å². The van der Waals surface area contributed by atoms with E-state index in [0.717, 1.165) is 20.6 Å². The van der Waals surface area contributed by atoms with E-state index in [1.165, 1.54) is 18.2 Å². The van der Waals surface area contributed by atoms with Gasteiger partial charge in [0.25, 0.3) is 0 Å². The molecule has 0 aromatic heterocycles. The van der Waals surface area contributed by atoms with Crippen LogP contribution in [0.3, 0.4) is 0 Å². The lowest BCUT2D eigenvalue weighted by Gasteiger charge is -2.04. The third-order valence-electron chi connectivity index (χ3n) is 3.01. The van der Waals surface area contributed by atoms with Crippen molar-refractivity contribution in [3.8, 4) is 0 Å². The molecule has 0 amide bonds. The highest BCUT2D eigenvalue weighted by molar-refractivity contribution is 9.13. The largest absolute Gasteiger partial charge is 0.478 e. The minimum absolute atomic E-state index is 0.161. The fourth-order valence-corrected chi connectivity index (χ4v) is 2.56. The van der Waals surface area contributed by atoms with Gasteiger partial charge in [-0.05, 0) is 62.1 Å². The van der Waals surface area contributed by atoms with E-state index in [0.29, 0.717) is 6.42 Å². The van der Waals surface area contributed by atoms with Crippen LogP contribution in [0.5, 0.6) is 0 Å².